The van der Waals surface area contributed by atoms with Gasteiger partial charge >= 0.3 is 5.97 Å². The number of rotatable bonds is 3. The number of fused-ring (bicyclic) bond motifs is 1. The zero-order valence-electron chi connectivity index (χ0n) is 10.2. The maximum atomic E-state index is 11.2. The van der Waals surface area contributed by atoms with E-state index in [1.165, 1.54) is 0 Å². The third-order valence-electron chi connectivity index (χ3n) is 3.12. The average Bonchev–Trinajstić information content (AvgIpc) is 2.70. The van der Waals surface area contributed by atoms with Crippen molar-refractivity contribution in [1.82, 2.24) is 9.97 Å². The molecule has 0 fully saturated rings. The Bertz CT molecular complexity index is 570. The highest BCUT2D eigenvalue weighted by molar-refractivity contribution is 5.83. The molecule has 0 unspecified atom stereocenters. The van der Waals surface area contributed by atoms with E-state index < -0.39 is 11.4 Å². The summed E-state index contributed by atoms with van der Waals surface area (Å²) >= 11 is 0. The van der Waals surface area contributed by atoms with E-state index in [-0.39, 0.29) is 0 Å². The minimum atomic E-state index is -0.883. The third kappa shape index (κ3) is 1.90. The van der Waals surface area contributed by atoms with Crippen molar-refractivity contribution in [2.45, 2.75) is 32.6 Å². The van der Waals surface area contributed by atoms with Gasteiger partial charge in [0, 0.05) is 6.42 Å². The SMILES string of the molecule is CCc1nc2ccc(C(C)(C)C(=O)O)cc2[nH]1. The van der Waals surface area contributed by atoms with Crippen LogP contribution in [0.5, 0.6) is 0 Å². The van der Waals surface area contributed by atoms with Crippen LogP contribution in [-0.2, 0) is 16.6 Å². The van der Waals surface area contributed by atoms with Gasteiger partial charge in [-0.2, -0.15) is 0 Å². The number of imidazole rings is 1. The van der Waals surface area contributed by atoms with Crippen LogP contribution >= 0.6 is 0 Å². The minimum Gasteiger partial charge on any atom is -0.481 e. The molecule has 0 atom stereocenters. The number of benzene rings is 1. The summed E-state index contributed by atoms with van der Waals surface area (Å²) in [6.45, 7) is 5.43. The number of carboxylic acid groups (broad SMARTS) is 1. The van der Waals surface area contributed by atoms with E-state index in [1.54, 1.807) is 13.8 Å². The standard InChI is InChI=1S/C13H16N2O2/c1-4-11-14-9-6-5-8(7-10(9)15-11)13(2,3)12(16)17/h5-7H,4H2,1-3H3,(H,14,15)(H,16,17). The number of H-pyrrole nitrogens is 1. The summed E-state index contributed by atoms with van der Waals surface area (Å²) in [5, 5.41) is 9.19. The first-order chi connectivity index (χ1) is 7.95. The first kappa shape index (κ1) is 11.6. The van der Waals surface area contributed by atoms with Crippen LogP contribution in [0.25, 0.3) is 11.0 Å². The number of aromatic amines is 1. The van der Waals surface area contributed by atoms with E-state index in [4.69, 9.17) is 0 Å². The van der Waals surface area contributed by atoms with Crippen LogP contribution in [-0.4, -0.2) is 21.0 Å². The van der Waals surface area contributed by atoms with Crippen LogP contribution < -0.4 is 0 Å². The maximum absolute atomic E-state index is 11.2. The van der Waals surface area contributed by atoms with E-state index in [9.17, 15) is 9.90 Å². The monoisotopic (exact) mass is 232 g/mol. The van der Waals surface area contributed by atoms with Gasteiger partial charge < -0.3 is 10.1 Å². The maximum Gasteiger partial charge on any atom is 0.313 e. The number of carbonyl (C=O) groups is 1. The Kier molecular flexibility index (Phi) is 2.65. The molecule has 90 valence electrons. The second kappa shape index (κ2) is 3.87. The van der Waals surface area contributed by atoms with Crippen molar-refractivity contribution in [2.75, 3.05) is 0 Å². The lowest BCUT2D eigenvalue weighted by atomic mass is 9.85. The molecule has 4 heteroatoms. The van der Waals surface area contributed by atoms with Crippen molar-refractivity contribution in [2.24, 2.45) is 0 Å². The van der Waals surface area contributed by atoms with E-state index in [2.05, 4.69) is 9.97 Å². The van der Waals surface area contributed by atoms with Crippen molar-refractivity contribution in [3.8, 4) is 0 Å². The quantitative estimate of drug-likeness (QED) is 0.854. The number of aryl methyl sites for hydroxylation is 1. The number of hydrogen-bond acceptors (Lipinski definition) is 2. The number of carboxylic acids is 1. The van der Waals surface area contributed by atoms with Gasteiger partial charge in [-0.1, -0.05) is 13.0 Å². The Balaban J connectivity index is 2.54. The molecule has 0 aliphatic heterocycles. The number of aliphatic carboxylic acids is 1. The Morgan fingerprint density at radius 3 is 2.76 bits per heavy atom. The van der Waals surface area contributed by atoms with Gasteiger partial charge in [-0.25, -0.2) is 4.98 Å². The molecular weight excluding hydrogens is 216 g/mol. The normalized spacial score (nSPS) is 11.9. The van der Waals surface area contributed by atoms with Crippen molar-refractivity contribution in [3.05, 3.63) is 29.6 Å². The summed E-state index contributed by atoms with van der Waals surface area (Å²) in [5.41, 5.74) is 1.68. The Morgan fingerprint density at radius 2 is 2.18 bits per heavy atom. The molecule has 0 saturated heterocycles. The molecule has 2 aromatic rings. The van der Waals surface area contributed by atoms with E-state index in [1.807, 2.05) is 25.1 Å². The number of aromatic nitrogens is 2. The summed E-state index contributed by atoms with van der Waals surface area (Å²) < 4.78 is 0. The average molecular weight is 232 g/mol. The second-order valence-corrected chi connectivity index (χ2v) is 4.70. The predicted molar refractivity (Wildman–Crippen MR) is 66.1 cm³/mol. The molecule has 0 spiro atoms. The molecule has 0 saturated carbocycles. The van der Waals surface area contributed by atoms with Crippen molar-refractivity contribution < 1.29 is 9.90 Å². The smallest absolute Gasteiger partial charge is 0.313 e. The van der Waals surface area contributed by atoms with Crippen LogP contribution in [0.15, 0.2) is 18.2 Å². The number of hydrogen-bond donors (Lipinski definition) is 2. The highest BCUT2D eigenvalue weighted by Crippen LogP contribution is 2.26. The molecule has 0 radical (unpaired) electrons. The summed E-state index contributed by atoms with van der Waals surface area (Å²) in [6, 6.07) is 5.57. The van der Waals surface area contributed by atoms with Gasteiger partial charge in [0.15, 0.2) is 0 Å². The van der Waals surface area contributed by atoms with Gasteiger partial charge in [-0.15, -0.1) is 0 Å². The van der Waals surface area contributed by atoms with Crippen molar-refractivity contribution >= 4 is 17.0 Å². The predicted octanol–water partition coefficient (Wildman–Crippen LogP) is 2.49. The first-order valence-corrected chi connectivity index (χ1v) is 5.67. The fourth-order valence-corrected chi connectivity index (χ4v) is 1.74. The first-order valence-electron chi connectivity index (χ1n) is 5.67. The Labute approximate surface area is 99.7 Å². The zero-order valence-corrected chi connectivity index (χ0v) is 10.2. The molecule has 4 nitrogen and oxygen atoms in total. The molecule has 2 N–H and O–H groups in total. The lowest BCUT2D eigenvalue weighted by Crippen LogP contribution is -2.28. The highest BCUT2D eigenvalue weighted by Gasteiger charge is 2.29. The zero-order chi connectivity index (χ0) is 12.6. The topological polar surface area (TPSA) is 66.0 Å². The summed E-state index contributed by atoms with van der Waals surface area (Å²) in [4.78, 5) is 18.8. The van der Waals surface area contributed by atoms with Crippen LogP contribution in [0, 0.1) is 0 Å². The summed E-state index contributed by atoms with van der Waals surface area (Å²) in [7, 11) is 0. The van der Waals surface area contributed by atoms with Gasteiger partial charge in [-0.05, 0) is 31.5 Å². The lowest BCUT2D eigenvalue weighted by molar-refractivity contribution is -0.142. The summed E-state index contributed by atoms with van der Waals surface area (Å²) in [5.74, 6) is 0.0948. The Hall–Kier alpha value is -1.84. The van der Waals surface area contributed by atoms with Crippen molar-refractivity contribution in [3.63, 3.8) is 0 Å². The molecule has 0 bridgehead atoms. The van der Waals surface area contributed by atoms with E-state index in [0.29, 0.717) is 0 Å². The molecule has 1 aromatic heterocycles. The lowest BCUT2D eigenvalue weighted by Gasteiger charge is -2.19. The molecule has 0 aliphatic carbocycles. The molecule has 1 aromatic carbocycles. The van der Waals surface area contributed by atoms with Crippen LogP contribution in [0.3, 0.4) is 0 Å². The van der Waals surface area contributed by atoms with Crippen LogP contribution in [0.2, 0.25) is 0 Å². The van der Waals surface area contributed by atoms with Gasteiger partial charge in [-0.3, -0.25) is 4.79 Å². The fraction of sp³-hybridized carbons (Fsp3) is 0.385. The summed E-state index contributed by atoms with van der Waals surface area (Å²) in [6.07, 6.45) is 0.840. The van der Waals surface area contributed by atoms with Gasteiger partial charge in [0.25, 0.3) is 0 Å². The van der Waals surface area contributed by atoms with Gasteiger partial charge in [0.05, 0.1) is 16.4 Å². The fourth-order valence-electron chi connectivity index (χ4n) is 1.74. The third-order valence-corrected chi connectivity index (χ3v) is 3.12. The van der Waals surface area contributed by atoms with Crippen molar-refractivity contribution in [1.29, 1.82) is 0 Å². The van der Waals surface area contributed by atoms with Gasteiger partial charge in [0.2, 0.25) is 0 Å². The number of nitrogens with zero attached hydrogens (tertiary/aromatic N) is 1. The Morgan fingerprint density at radius 1 is 1.47 bits per heavy atom. The molecule has 17 heavy (non-hydrogen) atoms. The van der Waals surface area contributed by atoms with Gasteiger partial charge in [0.1, 0.15) is 5.82 Å². The highest BCUT2D eigenvalue weighted by atomic mass is 16.4. The molecule has 1 heterocycles. The van der Waals surface area contributed by atoms with E-state index in [0.717, 1.165) is 28.8 Å². The molecule has 0 amide bonds. The number of nitrogens with one attached hydrogen (secondary N) is 1. The molecule has 2 rings (SSSR count). The second-order valence-electron chi connectivity index (χ2n) is 4.70. The molecular formula is C13H16N2O2. The largest absolute Gasteiger partial charge is 0.481 e. The van der Waals surface area contributed by atoms with Crippen LogP contribution in [0.1, 0.15) is 32.2 Å². The van der Waals surface area contributed by atoms with Crippen LogP contribution in [0.4, 0.5) is 0 Å². The van der Waals surface area contributed by atoms with E-state index >= 15 is 0 Å². The minimum absolute atomic E-state index is 0.781. The molecule has 0 aliphatic rings.